The summed E-state index contributed by atoms with van der Waals surface area (Å²) in [5.74, 6) is 0.395. The monoisotopic (exact) mass is 373 g/mol. The number of anilines is 1. The Kier molecular flexibility index (Phi) is 7.95. The van der Waals surface area contributed by atoms with Crippen molar-refractivity contribution in [3.05, 3.63) is 18.2 Å². The number of halogens is 1. The molecule has 0 bridgehead atoms. The van der Waals surface area contributed by atoms with Crippen LogP contribution in [0.3, 0.4) is 0 Å². The van der Waals surface area contributed by atoms with E-state index in [4.69, 9.17) is 19.9 Å². The molecule has 9 heteroatoms. The zero-order valence-electron chi connectivity index (χ0n) is 14.3. The first-order valence-electron chi connectivity index (χ1n) is 7.65. The number of benzene rings is 1. The molecule has 0 aromatic heterocycles. The molecule has 25 heavy (non-hydrogen) atoms. The average Bonchev–Trinajstić information content (AvgIpc) is 2.59. The van der Waals surface area contributed by atoms with Gasteiger partial charge in [-0.15, -0.1) is 12.4 Å². The number of carbonyl (C=O) groups is 2. The van der Waals surface area contributed by atoms with Gasteiger partial charge in [-0.3, -0.25) is 9.59 Å². The van der Waals surface area contributed by atoms with Crippen LogP contribution in [-0.4, -0.2) is 51.3 Å². The Hall–Kier alpha value is -2.03. The van der Waals surface area contributed by atoms with Crippen LogP contribution in [0.15, 0.2) is 18.2 Å². The van der Waals surface area contributed by atoms with Crippen LogP contribution in [0, 0.1) is 0 Å². The van der Waals surface area contributed by atoms with Crippen LogP contribution in [0.2, 0.25) is 0 Å². The van der Waals surface area contributed by atoms with E-state index in [1.807, 2.05) is 0 Å². The van der Waals surface area contributed by atoms with E-state index < -0.39 is 5.54 Å². The zero-order valence-corrected chi connectivity index (χ0v) is 15.1. The standard InChI is InChI=1S/C16H23N3O5.ClH/c1-22-12-7-11(8-13(9-12)23-2)19-14(20)10-18-15(21)16(17)3-5-24-6-4-16;/h7-9H,3-6,10,17H2,1-2H3,(H,18,21)(H,19,20);1H. The molecule has 1 fully saturated rings. The van der Waals surface area contributed by atoms with Crippen molar-refractivity contribution in [3.8, 4) is 11.5 Å². The maximum atomic E-state index is 12.2. The maximum absolute atomic E-state index is 12.2. The Labute approximate surface area is 152 Å². The van der Waals surface area contributed by atoms with E-state index >= 15 is 0 Å². The van der Waals surface area contributed by atoms with Crippen molar-refractivity contribution in [2.45, 2.75) is 18.4 Å². The normalized spacial score (nSPS) is 15.5. The lowest BCUT2D eigenvalue weighted by Crippen LogP contribution is -2.57. The Morgan fingerprint density at radius 1 is 1.16 bits per heavy atom. The van der Waals surface area contributed by atoms with Gasteiger partial charge >= 0.3 is 0 Å². The summed E-state index contributed by atoms with van der Waals surface area (Å²) in [6, 6.07) is 5.01. The third-order valence-corrected chi connectivity index (χ3v) is 3.88. The van der Waals surface area contributed by atoms with Gasteiger partial charge in [-0.1, -0.05) is 0 Å². The number of nitrogens with one attached hydrogen (secondary N) is 2. The molecule has 1 aromatic rings. The first kappa shape index (κ1) is 21.0. The molecular weight excluding hydrogens is 350 g/mol. The van der Waals surface area contributed by atoms with E-state index in [2.05, 4.69) is 10.6 Å². The van der Waals surface area contributed by atoms with Gasteiger partial charge in [0.05, 0.1) is 26.3 Å². The van der Waals surface area contributed by atoms with Crippen molar-refractivity contribution < 1.29 is 23.8 Å². The Morgan fingerprint density at radius 3 is 2.24 bits per heavy atom. The minimum atomic E-state index is -0.974. The highest BCUT2D eigenvalue weighted by Crippen LogP contribution is 2.25. The predicted octanol–water partition coefficient (Wildman–Crippen LogP) is 0.688. The molecule has 0 unspecified atom stereocenters. The van der Waals surface area contributed by atoms with Crippen molar-refractivity contribution in [1.29, 1.82) is 0 Å². The van der Waals surface area contributed by atoms with Gasteiger partial charge in [0.2, 0.25) is 11.8 Å². The summed E-state index contributed by atoms with van der Waals surface area (Å²) in [7, 11) is 3.05. The molecule has 0 saturated carbocycles. The minimum Gasteiger partial charge on any atom is -0.497 e. The van der Waals surface area contributed by atoms with E-state index in [1.54, 1.807) is 18.2 Å². The predicted molar refractivity (Wildman–Crippen MR) is 95.4 cm³/mol. The Bertz CT molecular complexity index is 583. The van der Waals surface area contributed by atoms with Crippen molar-refractivity contribution in [1.82, 2.24) is 5.32 Å². The van der Waals surface area contributed by atoms with Gasteiger partial charge in [-0.25, -0.2) is 0 Å². The number of hydrogen-bond acceptors (Lipinski definition) is 6. The SMILES string of the molecule is COc1cc(NC(=O)CNC(=O)C2(N)CCOCC2)cc(OC)c1.Cl. The number of hydrogen-bond donors (Lipinski definition) is 3. The van der Waals surface area contributed by atoms with Crippen LogP contribution in [0.4, 0.5) is 5.69 Å². The van der Waals surface area contributed by atoms with Crippen LogP contribution in [0.5, 0.6) is 11.5 Å². The van der Waals surface area contributed by atoms with Gasteiger partial charge < -0.3 is 30.6 Å². The second-order valence-corrected chi connectivity index (χ2v) is 5.60. The van der Waals surface area contributed by atoms with Gasteiger partial charge in [-0.2, -0.15) is 0 Å². The molecule has 140 valence electrons. The molecular formula is C16H24ClN3O5. The number of carbonyl (C=O) groups excluding carboxylic acids is 2. The topological polar surface area (TPSA) is 112 Å². The molecule has 2 amide bonds. The van der Waals surface area contributed by atoms with Crippen molar-refractivity contribution in [2.75, 3.05) is 39.3 Å². The summed E-state index contributed by atoms with van der Waals surface area (Å²) in [4.78, 5) is 24.2. The Morgan fingerprint density at radius 2 is 1.72 bits per heavy atom. The van der Waals surface area contributed by atoms with E-state index in [1.165, 1.54) is 14.2 Å². The molecule has 1 heterocycles. The number of methoxy groups -OCH3 is 2. The van der Waals surface area contributed by atoms with Gasteiger partial charge in [0, 0.05) is 37.1 Å². The molecule has 0 radical (unpaired) electrons. The van der Waals surface area contributed by atoms with Crippen LogP contribution >= 0.6 is 12.4 Å². The molecule has 1 aromatic carbocycles. The smallest absolute Gasteiger partial charge is 0.243 e. The second-order valence-electron chi connectivity index (χ2n) is 5.60. The van der Waals surface area contributed by atoms with Crippen molar-refractivity contribution >= 4 is 29.9 Å². The molecule has 2 rings (SSSR count). The average molecular weight is 374 g/mol. The molecule has 8 nitrogen and oxygen atoms in total. The number of rotatable bonds is 6. The largest absolute Gasteiger partial charge is 0.497 e. The van der Waals surface area contributed by atoms with E-state index in [0.29, 0.717) is 43.2 Å². The van der Waals surface area contributed by atoms with Crippen molar-refractivity contribution in [3.63, 3.8) is 0 Å². The van der Waals surface area contributed by atoms with E-state index in [9.17, 15) is 9.59 Å². The quantitative estimate of drug-likeness (QED) is 0.676. The number of nitrogens with two attached hydrogens (primary N) is 1. The fourth-order valence-electron chi connectivity index (χ4n) is 2.38. The summed E-state index contributed by atoms with van der Waals surface area (Å²) in [5.41, 5.74) is 5.60. The minimum absolute atomic E-state index is 0. The first-order valence-corrected chi connectivity index (χ1v) is 7.65. The third kappa shape index (κ3) is 5.77. The summed E-state index contributed by atoms with van der Waals surface area (Å²) < 4.78 is 15.5. The first-order chi connectivity index (χ1) is 11.5. The summed E-state index contributed by atoms with van der Waals surface area (Å²) >= 11 is 0. The lowest BCUT2D eigenvalue weighted by Gasteiger charge is -2.31. The van der Waals surface area contributed by atoms with Gasteiger partial charge in [0.1, 0.15) is 11.5 Å². The number of ether oxygens (including phenoxy) is 3. The Balaban J connectivity index is 0.00000312. The second kappa shape index (κ2) is 9.45. The molecule has 1 saturated heterocycles. The summed E-state index contributed by atoms with van der Waals surface area (Å²) in [6.07, 6.45) is 0.876. The molecule has 1 aliphatic rings. The fourth-order valence-corrected chi connectivity index (χ4v) is 2.38. The van der Waals surface area contributed by atoms with Crippen LogP contribution in [0.25, 0.3) is 0 Å². The summed E-state index contributed by atoms with van der Waals surface area (Å²) in [5, 5.41) is 5.26. The molecule has 0 spiro atoms. The fraction of sp³-hybridized carbons (Fsp3) is 0.500. The molecule has 1 aliphatic heterocycles. The van der Waals surface area contributed by atoms with Crippen LogP contribution in [-0.2, 0) is 14.3 Å². The van der Waals surface area contributed by atoms with Crippen LogP contribution < -0.4 is 25.8 Å². The lowest BCUT2D eigenvalue weighted by atomic mass is 9.90. The third-order valence-electron chi connectivity index (χ3n) is 3.88. The van der Waals surface area contributed by atoms with E-state index in [-0.39, 0.29) is 30.8 Å². The molecule has 0 atom stereocenters. The van der Waals surface area contributed by atoms with Gasteiger partial charge in [0.15, 0.2) is 0 Å². The summed E-state index contributed by atoms with van der Waals surface area (Å²) in [6.45, 7) is 0.720. The number of amides is 2. The van der Waals surface area contributed by atoms with Crippen molar-refractivity contribution in [2.24, 2.45) is 5.73 Å². The molecule has 0 aliphatic carbocycles. The zero-order chi connectivity index (χ0) is 17.6. The van der Waals surface area contributed by atoms with E-state index in [0.717, 1.165) is 0 Å². The maximum Gasteiger partial charge on any atom is 0.243 e. The van der Waals surface area contributed by atoms with Gasteiger partial charge in [-0.05, 0) is 12.8 Å². The highest BCUT2D eigenvalue weighted by molar-refractivity contribution is 5.96. The highest BCUT2D eigenvalue weighted by Gasteiger charge is 2.35. The molecule has 4 N–H and O–H groups in total. The lowest BCUT2D eigenvalue weighted by molar-refractivity contribution is -0.131. The van der Waals surface area contributed by atoms with Gasteiger partial charge in [0.25, 0.3) is 0 Å². The van der Waals surface area contributed by atoms with Crippen LogP contribution in [0.1, 0.15) is 12.8 Å². The highest BCUT2D eigenvalue weighted by atomic mass is 35.5.